The minimum Gasteiger partial charge on any atom is -0.351 e. The lowest BCUT2D eigenvalue weighted by molar-refractivity contribution is 0.0746. The fourth-order valence-electron chi connectivity index (χ4n) is 3.04. The molecule has 0 saturated carbocycles. The topological polar surface area (TPSA) is 62.2 Å². The van der Waals surface area contributed by atoms with E-state index in [1.54, 1.807) is 30.7 Å². The molecule has 0 radical (unpaired) electrons. The number of aromatic nitrogens is 3. The van der Waals surface area contributed by atoms with E-state index in [0.29, 0.717) is 18.7 Å². The number of anilines is 1. The molecular weight excluding hydrogens is 302 g/mol. The second-order valence-electron chi connectivity index (χ2n) is 5.77. The average molecular weight is 319 g/mol. The number of amides is 1. The van der Waals surface area contributed by atoms with Crippen molar-refractivity contribution < 1.29 is 4.79 Å². The first-order valence-electron chi connectivity index (χ1n) is 7.97. The number of hydrogen-bond donors (Lipinski definition) is 0. The molecule has 24 heavy (non-hydrogen) atoms. The van der Waals surface area contributed by atoms with E-state index in [2.05, 4.69) is 26.1 Å². The summed E-state index contributed by atoms with van der Waals surface area (Å²) >= 11 is 0. The maximum atomic E-state index is 12.5. The minimum absolute atomic E-state index is 0.0565. The van der Waals surface area contributed by atoms with Crippen molar-refractivity contribution in [3.8, 4) is 0 Å². The second kappa shape index (κ2) is 6.23. The Kier molecular flexibility index (Phi) is 3.78. The predicted octanol–water partition coefficient (Wildman–Crippen LogP) is 1.99. The fraction of sp³-hybridized carbons (Fsp3) is 0.222. The zero-order valence-corrected chi connectivity index (χ0v) is 13.2. The predicted molar refractivity (Wildman–Crippen MR) is 91.9 cm³/mol. The summed E-state index contributed by atoms with van der Waals surface area (Å²) < 4.78 is 0. The van der Waals surface area contributed by atoms with Crippen LogP contribution in [0.25, 0.3) is 10.8 Å². The number of rotatable bonds is 2. The van der Waals surface area contributed by atoms with E-state index in [1.165, 1.54) is 0 Å². The molecule has 0 N–H and O–H groups in total. The highest BCUT2D eigenvalue weighted by atomic mass is 16.2. The van der Waals surface area contributed by atoms with E-state index in [1.807, 2.05) is 23.1 Å². The van der Waals surface area contributed by atoms with Crippen LogP contribution in [0.3, 0.4) is 0 Å². The Morgan fingerprint density at radius 2 is 1.71 bits per heavy atom. The quantitative estimate of drug-likeness (QED) is 0.723. The summed E-state index contributed by atoms with van der Waals surface area (Å²) in [6.07, 6.45) is 5.08. The third kappa shape index (κ3) is 2.67. The van der Waals surface area contributed by atoms with Gasteiger partial charge >= 0.3 is 0 Å². The van der Waals surface area contributed by atoms with E-state index in [-0.39, 0.29) is 5.91 Å². The van der Waals surface area contributed by atoms with Crippen LogP contribution in [0.5, 0.6) is 0 Å². The van der Waals surface area contributed by atoms with Crippen LogP contribution in [0.2, 0.25) is 0 Å². The summed E-state index contributed by atoms with van der Waals surface area (Å²) in [6.45, 7) is 2.84. The van der Waals surface area contributed by atoms with Gasteiger partial charge in [-0.2, -0.15) is 5.10 Å². The molecule has 0 bridgehead atoms. The molecule has 6 nitrogen and oxygen atoms in total. The van der Waals surface area contributed by atoms with Gasteiger partial charge in [0, 0.05) is 54.9 Å². The number of pyridine rings is 1. The molecule has 6 heteroatoms. The third-order valence-corrected chi connectivity index (χ3v) is 4.34. The zero-order chi connectivity index (χ0) is 16.4. The Bertz CT molecular complexity index is 854. The maximum Gasteiger partial charge on any atom is 0.254 e. The summed E-state index contributed by atoms with van der Waals surface area (Å²) in [5, 5.41) is 10.6. The maximum absolute atomic E-state index is 12.5. The number of nitrogens with zero attached hydrogens (tertiary/aromatic N) is 5. The van der Waals surface area contributed by atoms with Crippen LogP contribution >= 0.6 is 0 Å². The Morgan fingerprint density at radius 3 is 2.50 bits per heavy atom. The highest BCUT2D eigenvalue weighted by molar-refractivity contribution is 5.94. The van der Waals surface area contributed by atoms with Crippen molar-refractivity contribution in [1.29, 1.82) is 0 Å². The van der Waals surface area contributed by atoms with Gasteiger partial charge < -0.3 is 9.80 Å². The van der Waals surface area contributed by atoms with E-state index >= 15 is 0 Å². The molecule has 0 aliphatic carbocycles. The molecule has 120 valence electrons. The SMILES string of the molecule is O=C(c1ccncc1)N1CCN(c2nncc3ccccc23)CC1. The lowest BCUT2D eigenvalue weighted by Crippen LogP contribution is -2.49. The van der Waals surface area contributed by atoms with Gasteiger partial charge in [0.15, 0.2) is 5.82 Å². The van der Waals surface area contributed by atoms with Gasteiger partial charge in [0.25, 0.3) is 5.91 Å². The van der Waals surface area contributed by atoms with Crippen molar-refractivity contribution in [2.75, 3.05) is 31.1 Å². The van der Waals surface area contributed by atoms with Gasteiger partial charge in [0.1, 0.15) is 0 Å². The number of piperazine rings is 1. The van der Waals surface area contributed by atoms with Crippen LogP contribution < -0.4 is 4.90 Å². The van der Waals surface area contributed by atoms with Crippen molar-refractivity contribution in [3.63, 3.8) is 0 Å². The molecule has 1 aliphatic rings. The Balaban J connectivity index is 1.51. The lowest BCUT2D eigenvalue weighted by atomic mass is 10.1. The molecule has 1 amide bonds. The molecule has 2 aromatic heterocycles. The van der Waals surface area contributed by atoms with E-state index in [4.69, 9.17) is 0 Å². The molecule has 4 rings (SSSR count). The van der Waals surface area contributed by atoms with Crippen molar-refractivity contribution in [2.45, 2.75) is 0 Å². The Hall–Kier alpha value is -3.02. The van der Waals surface area contributed by atoms with E-state index in [9.17, 15) is 4.79 Å². The molecule has 1 aliphatic heterocycles. The van der Waals surface area contributed by atoms with Crippen LogP contribution in [-0.2, 0) is 0 Å². The lowest BCUT2D eigenvalue weighted by Gasteiger charge is -2.35. The molecule has 0 spiro atoms. The van der Waals surface area contributed by atoms with Gasteiger partial charge in [-0.15, -0.1) is 5.10 Å². The smallest absolute Gasteiger partial charge is 0.254 e. The van der Waals surface area contributed by atoms with E-state index in [0.717, 1.165) is 29.7 Å². The Morgan fingerprint density at radius 1 is 0.958 bits per heavy atom. The van der Waals surface area contributed by atoms with Gasteiger partial charge in [-0.1, -0.05) is 24.3 Å². The number of carbonyl (C=O) groups excluding carboxylic acids is 1. The molecular formula is C18H17N5O. The number of hydrogen-bond acceptors (Lipinski definition) is 5. The molecule has 0 unspecified atom stereocenters. The summed E-state index contributed by atoms with van der Waals surface area (Å²) in [7, 11) is 0. The van der Waals surface area contributed by atoms with Gasteiger partial charge in [0.05, 0.1) is 6.20 Å². The highest BCUT2D eigenvalue weighted by Gasteiger charge is 2.23. The second-order valence-corrected chi connectivity index (χ2v) is 5.77. The summed E-state index contributed by atoms with van der Waals surface area (Å²) in [6, 6.07) is 11.6. The van der Waals surface area contributed by atoms with Crippen LogP contribution in [0, 0.1) is 0 Å². The molecule has 1 saturated heterocycles. The highest BCUT2D eigenvalue weighted by Crippen LogP contribution is 2.24. The molecule has 3 aromatic rings. The largest absolute Gasteiger partial charge is 0.351 e. The molecule has 1 aromatic carbocycles. The Labute approximate surface area is 139 Å². The van der Waals surface area contributed by atoms with Crippen molar-refractivity contribution in [1.82, 2.24) is 20.1 Å². The van der Waals surface area contributed by atoms with Crippen molar-refractivity contribution in [2.24, 2.45) is 0 Å². The standard InChI is InChI=1S/C18H17N5O/c24-18(14-5-7-19-8-6-14)23-11-9-22(10-12-23)17-16-4-2-1-3-15(16)13-20-21-17/h1-8,13H,9-12H2. The minimum atomic E-state index is 0.0565. The zero-order valence-electron chi connectivity index (χ0n) is 13.2. The van der Waals surface area contributed by atoms with Gasteiger partial charge in [0.2, 0.25) is 0 Å². The van der Waals surface area contributed by atoms with Crippen LogP contribution in [0.4, 0.5) is 5.82 Å². The van der Waals surface area contributed by atoms with Gasteiger partial charge in [-0.25, -0.2) is 0 Å². The first-order chi connectivity index (χ1) is 11.8. The monoisotopic (exact) mass is 319 g/mol. The first-order valence-corrected chi connectivity index (χ1v) is 7.97. The number of carbonyl (C=O) groups is 1. The van der Waals surface area contributed by atoms with Crippen LogP contribution in [0.1, 0.15) is 10.4 Å². The fourth-order valence-corrected chi connectivity index (χ4v) is 3.04. The molecule has 0 atom stereocenters. The number of benzene rings is 1. The van der Waals surface area contributed by atoms with Gasteiger partial charge in [-0.05, 0) is 12.1 Å². The number of fused-ring (bicyclic) bond motifs is 1. The van der Waals surface area contributed by atoms with E-state index < -0.39 is 0 Å². The normalized spacial score (nSPS) is 14.8. The van der Waals surface area contributed by atoms with Crippen LogP contribution in [0.15, 0.2) is 55.0 Å². The van der Waals surface area contributed by atoms with Gasteiger partial charge in [-0.3, -0.25) is 9.78 Å². The van der Waals surface area contributed by atoms with Crippen LogP contribution in [-0.4, -0.2) is 52.2 Å². The molecule has 1 fully saturated rings. The average Bonchev–Trinajstić information content (AvgIpc) is 2.68. The summed E-state index contributed by atoms with van der Waals surface area (Å²) in [4.78, 5) is 20.5. The first kappa shape index (κ1) is 14.6. The molecule has 3 heterocycles. The van der Waals surface area contributed by atoms with Crippen molar-refractivity contribution >= 4 is 22.5 Å². The van der Waals surface area contributed by atoms with Crippen molar-refractivity contribution in [3.05, 3.63) is 60.6 Å². The summed E-state index contributed by atoms with van der Waals surface area (Å²) in [5.74, 6) is 0.949. The summed E-state index contributed by atoms with van der Waals surface area (Å²) in [5.41, 5.74) is 0.684. The third-order valence-electron chi connectivity index (χ3n) is 4.34.